The smallest absolute Gasteiger partial charge is 0.434 e. The van der Waals surface area contributed by atoms with Crippen LogP contribution in [0.15, 0.2) is 42.7 Å². The number of likely N-dealkylation sites (tertiary alicyclic amines) is 1. The molecule has 0 aliphatic carbocycles. The first-order valence-electron chi connectivity index (χ1n) is 12.1. The van der Waals surface area contributed by atoms with E-state index < -0.39 is 11.9 Å². The van der Waals surface area contributed by atoms with Crippen LogP contribution in [-0.4, -0.2) is 71.2 Å². The highest BCUT2D eigenvalue weighted by molar-refractivity contribution is 5.68. The molecule has 10 heteroatoms. The molecule has 2 aliphatic heterocycles. The molecule has 4 rings (SSSR count). The maximum absolute atomic E-state index is 12.7. The Morgan fingerprint density at radius 1 is 1.06 bits per heavy atom. The third kappa shape index (κ3) is 6.84. The molecule has 35 heavy (non-hydrogen) atoms. The molecule has 1 amide bonds. The van der Waals surface area contributed by atoms with Crippen molar-refractivity contribution in [2.24, 2.45) is 5.92 Å². The molecule has 190 valence electrons. The van der Waals surface area contributed by atoms with Crippen molar-refractivity contribution in [3.05, 3.63) is 54.0 Å². The molecule has 7 nitrogen and oxygen atoms in total. The minimum atomic E-state index is -4.51. The number of nitrogens with zero attached hydrogens (tertiary/aromatic N) is 5. The number of aromatic nitrogens is 2. The number of piperidine rings is 1. The second-order valence-corrected chi connectivity index (χ2v) is 9.35. The van der Waals surface area contributed by atoms with Gasteiger partial charge in [-0.25, -0.2) is 14.8 Å². The summed E-state index contributed by atoms with van der Waals surface area (Å²) in [5.41, 5.74) is 0.317. The fourth-order valence-electron chi connectivity index (χ4n) is 4.74. The summed E-state index contributed by atoms with van der Waals surface area (Å²) in [6, 6.07) is 10.3. The number of rotatable bonds is 6. The molecular formula is C25H32F3N5O2. The molecule has 1 aromatic carbocycles. The van der Waals surface area contributed by atoms with Crippen LogP contribution in [0.3, 0.4) is 0 Å². The standard InChI is InChI=1S/C25H32F3N5O2/c1-19-17-32(23-16-29-22(15-30-23)25(26,27)28)12-13-33(19)24(34)35-14-9-20-7-10-31(11-8-20)18-21-5-3-2-4-6-21/h2-6,15-16,19-20H,7-14,17-18H2,1H3/t19-/m1/s1. The fraction of sp³-hybridized carbons (Fsp3) is 0.560. The van der Waals surface area contributed by atoms with E-state index >= 15 is 0 Å². The van der Waals surface area contributed by atoms with E-state index in [1.807, 2.05) is 17.9 Å². The summed E-state index contributed by atoms with van der Waals surface area (Å²) in [7, 11) is 0. The summed E-state index contributed by atoms with van der Waals surface area (Å²) in [6.45, 7) is 6.71. The van der Waals surface area contributed by atoms with E-state index in [0.29, 0.717) is 38.0 Å². The van der Waals surface area contributed by atoms with Crippen LogP contribution >= 0.6 is 0 Å². The minimum Gasteiger partial charge on any atom is -0.449 e. The number of carbonyl (C=O) groups excluding carboxylic acids is 1. The molecule has 2 saturated heterocycles. The van der Waals surface area contributed by atoms with Gasteiger partial charge >= 0.3 is 12.3 Å². The highest BCUT2D eigenvalue weighted by Gasteiger charge is 2.34. The van der Waals surface area contributed by atoms with Crippen LogP contribution in [0.4, 0.5) is 23.8 Å². The molecule has 0 spiro atoms. The van der Waals surface area contributed by atoms with Crippen LogP contribution in [-0.2, 0) is 17.5 Å². The molecule has 1 aromatic heterocycles. The van der Waals surface area contributed by atoms with Crippen LogP contribution in [0.1, 0.15) is 37.4 Å². The number of anilines is 1. The number of amides is 1. The fourth-order valence-corrected chi connectivity index (χ4v) is 4.74. The molecular weight excluding hydrogens is 459 g/mol. The van der Waals surface area contributed by atoms with E-state index in [4.69, 9.17) is 4.74 Å². The van der Waals surface area contributed by atoms with Crippen LogP contribution < -0.4 is 4.90 Å². The second kappa shape index (κ2) is 11.2. The third-order valence-electron chi connectivity index (χ3n) is 6.82. The van der Waals surface area contributed by atoms with Crippen molar-refractivity contribution in [3.8, 4) is 0 Å². The van der Waals surface area contributed by atoms with Crippen molar-refractivity contribution in [3.63, 3.8) is 0 Å². The topological polar surface area (TPSA) is 61.8 Å². The third-order valence-corrected chi connectivity index (χ3v) is 6.82. The van der Waals surface area contributed by atoms with Gasteiger partial charge < -0.3 is 14.5 Å². The van der Waals surface area contributed by atoms with Gasteiger partial charge in [-0.1, -0.05) is 30.3 Å². The molecule has 0 unspecified atom stereocenters. The van der Waals surface area contributed by atoms with Crippen LogP contribution in [0.25, 0.3) is 0 Å². The van der Waals surface area contributed by atoms with E-state index in [2.05, 4.69) is 39.1 Å². The zero-order valence-corrected chi connectivity index (χ0v) is 20.0. The number of halogens is 3. The first-order chi connectivity index (χ1) is 16.8. The molecule has 0 bridgehead atoms. The summed E-state index contributed by atoms with van der Waals surface area (Å²) in [4.78, 5) is 26.0. The highest BCUT2D eigenvalue weighted by atomic mass is 19.4. The SMILES string of the molecule is C[C@@H]1CN(c2cnc(C(F)(F)F)cn2)CCN1C(=O)OCCC1CCN(Cc2ccccc2)CC1. The molecule has 1 atom stereocenters. The molecule has 2 aromatic rings. The van der Waals surface area contributed by atoms with E-state index in [-0.39, 0.29) is 12.1 Å². The van der Waals surface area contributed by atoms with Crippen molar-refractivity contribution < 1.29 is 22.7 Å². The first kappa shape index (κ1) is 25.2. The Hall–Kier alpha value is -2.88. The Kier molecular flexibility index (Phi) is 8.10. The molecule has 2 fully saturated rings. The maximum Gasteiger partial charge on any atom is 0.434 e. The van der Waals surface area contributed by atoms with E-state index in [1.54, 1.807) is 4.90 Å². The van der Waals surface area contributed by atoms with Gasteiger partial charge in [0.15, 0.2) is 5.69 Å². The molecule has 0 radical (unpaired) electrons. The average Bonchev–Trinajstić information content (AvgIpc) is 2.85. The van der Waals surface area contributed by atoms with E-state index in [0.717, 1.165) is 51.3 Å². The van der Waals surface area contributed by atoms with Crippen molar-refractivity contribution >= 4 is 11.9 Å². The first-order valence-corrected chi connectivity index (χ1v) is 12.1. The minimum absolute atomic E-state index is 0.151. The zero-order chi connectivity index (χ0) is 24.8. The number of ether oxygens (including phenoxy) is 1. The van der Waals surface area contributed by atoms with Gasteiger partial charge in [-0.15, -0.1) is 0 Å². The molecule has 0 N–H and O–H groups in total. The largest absolute Gasteiger partial charge is 0.449 e. The Balaban J connectivity index is 1.16. The maximum atomic E-state index is 12.7. The number of carbonyl (C=O) groups is 1. The Morgan fingerprint density at radius 3 is 2.43 bits per heavy atom. The predicted molar refractivity (Wildman–Crippen MR) is 126 cm³/mol. The summed E-state index contributed by atoms with van der Waals surface area (Å²) < 4.78 is 43.7. The molecule has 3 heterocycles. The van der Waals surface area contributed by atoms with Crippen molar-refractivity contribution in [1.82, 2.24) is 19.8 Å². The van der Waals surface area contributed by atoms with Gasteiger partial charge in [0, 0.05) is 32.2 Å². The number of piperazine rings is 1. The van der Waals surface area contributed by atoms with Gasteiger partial charge in [0.1, 0.15) is 5.82 Å². The summed E-state index contributed by atoms with van der Waals surface area (Å²) >= 11 is 0. The summed E-state index contributed by atoms with van der Waals surface area (Å²) in [6.07, 6.45) is 0.0981. The average molecular weight is 492 g/mol. The highest BCUT2D eigenvalue weighted by Crippen LogP contribution is 2.28. The lowest BCUT2D eigenvalue weighted by atomic mass is 9.93. The Labute approximate surface area is 203 Å². The van der Waals surface area contributed by atoms with Crippen LogP contribution in [0.2, 0.25) is 0 Å². The van der Waals surface area contributed by atoms with Crippen molar-refractivity contribution in [2.45, 2.75) is 44.9 Å². The number of hydrogen-bond donors (Lipinski definition) is 0. The van der Waals surface area contributed by atoms with Gasteiger partial charge in [0.25, 0.3) is 0 Å². The predicted octanol–water partition coefficient (Wildman–Crippen LogP) is 4.44. The van der Waals surface area contributed by atoms with E-state index in [1.165, 1.54) is 5.56 Å². The van der Waals surface area contributed by atoms with Gasteiger partial charge in [-0.2, -0.15) is 13.2 Å². The number of alkyl halides is 3. The van der Waals surface area contributed by atoms with Crippen LogP contribution in [0, 0.1) is 5.92 Å². The van der Waals surface area contributed by atoms with Crippen molar-refractivity contribution in [1.29, 1.82) is 0 Å². The summed E-state index contributed by atoms with van der Waals surface area (Å²) in [5, 5.41) is 0. The van der Waals surface area contributed by atoms with Gasteiger partial charge in [0.2, 0.25) is 0 Å². The normalized spacial score (nSPS) is 20.2. The summed E-state index contributed by atoms with van der Waals surface area (Å²) in [5.74, 6) is 0.929. The Morgan fingerprint density at radius 2 is 1.80 bits per heavy atom. The van der Waals surface area contributed by atoms with Crippen LogP contribution in [0.5, 0.6) is 0 Å². The quantitative estimate of drug-likeness (QED) is 0.595. The lowest BCUT2D eigenvalue weighted by molar-refractivity contribution is -0.141. The van der Waals surface area contributed by atoms with Gasteiger partial charge in [-0.3, -0.25) is 4.90 Å². The Bertz CT molecular complexity index is 950. The lowest BCUT2D eigenvalue weighted by Gasteiger charge is -2.39. The van der Waals surface area contributed by atoms with Crippen molar-refractivity contribution in [2.75, 3.05) is 44.2 Å². The second-order valence-electron chi connectivity index (χ2n) is 9.35. The number of hydrogen-bond acceptors (Lipinski definition) is 6. The molecule has 2 aliphatic rings. The zero-order valence-electron chi connectivity index (χ0n) is 20.0. The lowest BCUT2D eigenvalue weighted by Crippen LogP contribution is -2.54. The monoisotopic (exact) mass is 491 g/mol. The molecule has 0 saturated carbocycles. The van der Waals surface area contributed by atoms with E-state index in [9.17, 15) is 18.0 Å². The van der Waals surface area contributed by atoms with Gasteiger partial charge in [-0.05, 0) is 50.8 Å². The number of benzene rings is 1. The van der Waals surface area contributed by atoms with Gasteiger partial charge in [0.05, 0.1) is 19.0 Å².